The number of carbonyl (C=O) groups excluding carboxylic acids is 3. The third-order valence-electron chi connectivity index (χ3n) is 3.79. The first-order valence-electron chi connectivity index (χ1n) is 7.75. The molecule has 0 aliphatic rings. The number of carbonyl (C=O) groups is 3. The topological polar surface area (TPSA) is 101 Å². The van der Waals surface area contributed by atoms with Gasteiger partial charge in [-0.3, -0.25) is 14.4 Å². The Bertz CT molecular complexity index is 545. The summed E-state index contributed by atoms with van der Waals surface area (Å²) in [5.41, 5.74) is 6.29. The molecule has 3 amide bonds. The maximum atomic E-state index is 12.5. The van der Waals surface area contributed by atoms with Gasteiger partial charge in [-0.05, 0) is 11.5 Å². The Hall–Kier alpha value is -2.37. The lowest BCUT2D eigenvalue weighted by molar-refractivity contribution is -0.131. The summed E-state index contributed by atoms with van der Waals surface area (Å²) in [4.78, 5) is 35.4. The van der Waals surface area contributed by atoms with Gasteiger partial charge in [-0.15, -0.1) is 0 Å². The molecule has 0 aliphatic heterocycles. The van der Waals surface area contributed by atoms with Crippen molar-refractivity contribution in [3.8, 4) is 0 Å². The van der Waals surface area contributed by atoms with Gasteiger partial charge in [0.2, 0.25) is 17.7 Å². The van der Waals surface area contributed by atoms with Crippen molar-refractivity contribution in [2.45, 2.75) is 45.7 Å². The maximum Gasteiger partial charge on any atom is 0.243 e. The van der Waals surface area contributed by atoms with E-state index in [2.05, 4.69) is 10.6 Å². The number of benzene rings is 1. The summed E-state index contributed by atoms with van der Waals surface area (Å²) in [7, 11) is 0. The highest BCUT2D eigenvalue weighted by Gasteiger charge is 2.28. The zero-order valence-electron chi connectivity index (χ0n) is 13.8. The predicted molar refractivity (Wildman–Crippen MR) is 88.3 cm³/mol. The van der Waals surface area contributed by atoms with Gasteiger partial charge >= 0.3 is 0 Å². The Morgan fingerprint density at radius 2 is 1.74 bits per heavy atom. The Balaban J connectivity index is 2.86. The second-order valence-electron chi connectivity index (χ2n) is 5.72. The molecule has 126 valence electrons. The van der Waals surface area contributed by atoms with Crippen LogP contribution in [0.15, 0.2) is 30.3 Å². The van der Waals surface area contributed by atoms with Gasteiger partial charge in [-0.2, -0.15) is 0 Å². The maximum absolute atomic E-state index is 12.5. The van der Waals surface area contributed by atoms with Gasteiger partial charge in [-0.1, -0.05) is 50.6 Å². The number of nitrogens with two attached hydrogens (primary N) is 1. The number of amides is 3. The lowest BCUT2D eigenvalue weighted by atomic mass is 9.97. The Morgan fingerprint density at radius 3 is 2.22 bits per heavy atom. The van der Waals surface area contributed by atoms with Crippen LogP contribution in [-0.2, 0) is 20.8 Å². The lowest BCUT2D eigenvalue weighted by Crippen LogP contribution is -2.55. The molecular formula is C17H25N3O3. The molecule has 23 heavy (non-hydrogen) atoms. The average molecular weight is 319 g/mol. The van der Waals surface area contributed by atoms with E-state index in [-0.39, 0.29) is 11.8 Å². The van der Waals surface area contributed by atoms with Crippen LogP contribution >= 0.6 is 0 Å². The molecule has 0 fully saturated rings. The molecule has 0 saturated carbocycles. The van der Waals surface area contributed by atoms with Crippen LogP contribution in [0.25, 0.3) is 0 Å². The number of hydrogen-bond acceptors (Lipinski definition) is 3. The van der Waals surface area contributed by atoms with Crippen LogP contribution in [0.5, 0.6) is 0 Å². The van der Waals surface area contributed by atoms with Gasteiger partial charge in [0.05, 0.1) is 0 Å². The highest BCUT2D eigenvalue weighted by atomic mass is 16.2. The van der Waals surface area contributed by atoms with E-state index in [0.717, 1.165) is 5.56 Å². The predicted octanol–water partition coefficient (Wildman–Crippen LogP) is 0.750. The van der Waals surface area contributed by atoms with E-state index < -0.39 is 23.9 Å². The summed E-state index contributed by atoms with van der Waals surface area (Å²) < 4.78 is 0. The standard InChI is InChI=1S/C17H25N3O3/c1-4-11(2)15(16(18)22)20-17(23)14(19-12(3)21)10-13-8-6-5-7-9-13/h5-9,11,14-15H,4,10H2,1-3H3,(H2,18,22)(H,19,21)(H,20,23)/t11-,14+,15-/m0/s1. The lowest BCUT2D eigenvalue weighted by Gasteiger charge is -2.24. The van der Waals surface area contributed by atoms with E-state index in [0.29, 0.717) is 12.8 Å². The molecule has 0 heterocycles. The Labute approximate surface area is 136 Å². The van der Waals surface area contributed by atoms with Crippen LogP contribution in [0.1, 0.15) is 32.8 Å². The molecule has 6 heteroatoms. The van der Waals surface area contributed by atoms with Crippen molar-refractivity contribution >= 4 is 17.7 Å². The molecule has 0 bridgehead atoms. The molecule has 3 atom stereocenters. The molecule has 0 unspecified atom stereocenters. The Kier molecular flexibility index (Phi) is 7.25. The van der Waals surface area contributed by atoms with E-state index in [1.54, 1.807) is 0 Å². The number of nitrogens with one attached hydrogen (secondary N) is 2. The van der Waals surface area contributed by atoms with E-state index in [1.807, 2.05) is 44.2 Å². The normalized spacial score (nSPS) is 14.4. The van der Waals surface area contributed by atoms with Crippen LogP contribution in [0.4, 0.5) is 0 Å². The van der Waals surface area contributed by atoms with Gasteiger partial charge in [0.1, 0.15) is 12.1 Å². The molecule has 0 aromatic heterocycles. The van der Waals surface area contributed by atoms with Gasteiger partial charge in [0.25, 0.3) is 0 Å². The number of rotatable bonds is 8. The summed E-state index contributed by atoms with van der Waals surface area (Å²) in [5, 5.41) is 5.29. The zero-order valence-corrected chi connectivity index (χ0v) is 13.8. The summed E-state index contributed by atoms with van der Waals surface area (Å²) in [6.07, 6.45) is 1.05. The summed E-state index contributed by atoms with van der Waals surface area (Å²) >= 11 is 0. The van der Waals surface area contributed by atoms with Crippen molar-refractivity contribution in [1.29, 1.82) is 0 Å². The SMILES string of the molecule is CC[C@H](C)[C@H](NC(=O)[C@@H](Cc1ccccc1)NC(C)=O)C(N)=O. The van der Waals surface area contributed by atoms with Crippen molar-refractivity contribution in [1.82, 2.24) is 10.6 Å². The van der Waals surface area contributed by atoms with Gasteiger partial charge in [0, 0.05) is 13.3 Å². The summed E-state index contributed by atoms with van der Waals surface area (Å²) in [6.45, 7) is 5.12. The minimum absolute atomic E-state index is 0.0776. The first-order chi connectivity index (χ1) is 10.8. The van der Waals surface area contributed by atoms with Crippen LogP contribution in [0.3, 0.4) is 0 Å². The van der Waals surface area contributed by atoms with Crippen molar-refractivity contribution in [2.24, 2.45) is 11.7 Å². The van der Waals surface area contributed by atoms with Crippen molar-refractivity contribution in [2.75, 3.05) is 0 Å². The van der Waals surface area contributed by atoms with Gasteiger partial charge in [-0.25, -0.2) is 0 Å². The molecule has 6 nitrogen and oxygen atoms in total. The highest BCUT2D eigenvalue weighted by Crippen LogP contribution is 2.09. The van der Waals surface area contributed by atoms with E-state index >= 15 is 0 Å². The van der Waals surface area contributed by atoms with E-state index in [1.165, 1.54) is 6.92 Å². The third-order valence-corrected chi connectivity index (χ3v) is 3.79. The van der Waals surface area contributed by atoms with Crippen LogP contribution in [0, 0.1) is 5.92 Å². The largest absolute Gasteiger partial charge is 0.368 e. The van der Waals surface area contributed by atoms with Crippen molar-refractivity contribution in [3.63, 3.8) is 0 Å². The summed E-state index contributed by atoms with van der Waals surface area (Å²) in [5.74, 6) is -1.37. The summed E-state index contributed by atoms with van der Waals surface area (Å²) in [6, 6.07) is 7.86. The number of hydrogen-bond donors (Lipinski definition) is 3. The van der Waals surface area contributed by atoms with Gasteiger partial charge < -0.3 is 16.4 Å². The fraction of sp³-hybridized carbons (Fsp3) is 0.471. The molecular weight excluding hydrogens is 294 g/mol. The second-order valence-corrected chi connectivity index (χ2v) is 5.72. The Morgan fingerprint density at radius 1 is 1.13 bits per heavy atom. The third kappa shape index (κ3) is 6.10. The van der Waals surface area contributed by atoms with Crippen LogP contribution in [-0.4, -0.2) is 29.8 Å². The fourth-order valence-corrected chi connectivity index (χ4v) is 2.29. The van der Waals surface area contributed by atoms with Crippen molar-refractivity contribution in [3.05, 3.63) is 35.9 Å². The zero-order chi connectivity index (χ0) is 17.4. The molecule has 0 radical (unpaired) electrons. The van der Waals surface area contributed by atoms with Crippen LogP contribution < -0.4 is 16.4 Å². The second kappa shape index (κ2) is 8.92. The average Bonchev–Trinajstić information content (AvgIpc) is 2.51. The molecule has 1 aromatic carbocycles. The van der Waals surface area contributed by atoms with Crippen LogP contribution in [0.2, 0.25) is 0 Å². The van der Waals surface area contributed by atoms with E-state index in [4.69, 9.17) is 5.73 Å². The number of primary amides is 1. The van der Waals surface area contributed by atoms with Gasteiger partial charge in [0.15, 0.2) is 0 Å². The molecule has 4 N–H and O–H groups in total. The highest BCUT2D eigenvalue weighted by molar-refractivity contribution is 5.91. The first-order valence-corrected chi connectivity index (χ1v) is 7.75. The minimum Gasteiger partial charge on any atom is -0.368 e. The molecule has 0 spiro atoms. The molecule has 1 aromatic rings. The fourth-order valence-electron chi connectivity index (χ4n) is 2.29. The van der Waals surface area contributed by atoms with E-state index in [9.17, 15) is 14.4 Å². The molecule has 0 aliphatic carbocycles. The molecule has 0 saturated heterocycles. The molecule has 1 rings (SSSR count). The first kappa shape index (κ1) is 18.7. The monoisotopic (exact) mass is 319 g/mol. The van der Waals surface area contributed by atoms with Crippen molar-refractivity contribution < 1.29 is 14.4 Å². The smallest absolute Gasteiger partial charge is 0.243 e. The minimum atomic E-state index is -0.750. The quantitative estimate of drug-likeness (QED) is 0.659.